The monoisotopic (exact) mass is 258 g/mol. The Labute approximate surface area is 80.9 Å². The molecular weight excluding hydrogens is 254 g/mol. The van der Waals surface area contributed by atoms with Crippen LogP contribution in [0.3, 0.4) is 0 Å². The van der Waals surface area contributed by atoms with Crippen LogP contribution in [-0.2, 0) is 0 Å². The van der Waals surface area contributed by atoms with E-state index in [1.165, 1.54) is 11.3 Å². The number of thiophene rings is 1. The average molecular weight is 260 g/mol. The maximum atomic E-state index is 11.9. The summed E-state index contributed by atoms with van der Waals surface area (Å²) < 4.78 is 13.1. The first kappa shape index (κ1) is 9.45. The number of rotatable bonds is 2. The molecule has 1 aromatic heterocycles. The van der Waals surface area contributed by atoms with E-state index in [4.69, 9.17) is 16.7 Å². The van der Waals surface area contributed by atoms with E-state index in [9.17, 15) is 4.39 Å². The second kappa shape index (κ2) is 3.85. The van der Waals surface area contributed by atoms with Crippen LogP contribution in [0.4, 0.5) is 4.39 Å². The highest BCUT2D eigenvalue weighted by atomic mass is 79.9. The Kier molecular flexibility index (Phi) is 3.30. The maximum absolute atomic E-state index is 11.9. The van der Waals surface area contributed by atoms with Gasteiger partial charge in [-0.25, -0.2) is 4.39 Å². The fourth-order valence-electron chi connectivity index (χ4n) is 0.604. The van der Waals surface area contributed by atoms with E-state index in [2.05, 4.69) is 15.9 Å². The van der Waals surface area contributed by atoms with Gasteiger partial charge in [-0.15, -0.1) is 11.3 Å². The molecule has 0 spiro atoms. The van der Waals surface area contributed by atoms with Crippen molar-refractivity contribution in [1.82, 2.24) is 0 Å². The highest BCUT2D eigenvalue weighted by Gasteiger charge is 2.12. The first-order valence-corrected chi connectivity index (χ1v) is 4.82. The first-order chi connectivity index (χ1) is 5.15. The van der Waals surface area contributed by atoms with Crippen molar-refractivity contribution >= 4 is 38.9 Å². The normalized spacial score (nSPS) is 13.5. The first-order valence-electron chi connectivity index (χ1n) is 2.84. The lowest BCUT2D eigenvalue weighted by Gasteiger charge is -1.99. The summed E-state index contributed by atoms with van der Waals surface area (Å²) in [6.45, 7) is -0.775. The summed E-state index contributed by atoms with van der Waals surface area (Å²) in [5, 5.41) is 9.02. The second-order valence-electron chi connectivity index (χ2n) is 1.94. The van der Waals surface area contributed by atoms with E-state index in [0.29, 0.717) is 13.7 Å². The number of hydrogen-bond acceptors (Lipinski definition) is 2. The molecule has 1 atom stereocenters. The zero-order valence-electron chi connectivity index (χ0n) is 5.35. The van der Waals surface area contributed by atoms with Gasteiger partial charge in [0.15, 0.2) is 0 Å². The van der Waals surface area contributed by atoms with E-state index >= 15 is 0 Å². The van der Waals surface area contributed by atoms with Crippen molar-refractivity contribution in [2.45, 2.75) is 6.10 Å². The van der Waals surface area contributed by atoms with Gasteiger partial charge in [-0.05, 0) is 22.0 Å². The lowest BCUT2D eigenvalue weighted by atomic mass is 10.3. The van der Waals surface area contributed by atoms with Gasteiger partial charge in [0.2, 0.25) is 0 Å². The quantitative estimate of drug-likeness (QED) is 0.865. The zero-order chi connectivity index (χ0) is 8.43. The SMILES string of the molecule is OC(CF)c1cc(Br)c(Cl)s1. The van der Waals surface area contributed by atoms with Gasteiger partial charge in [0.05, 0.1) is 0 Å². The third-order valence-corrected chi connectivity index (χ3v) is 3.71. The van der Waals surface area contributed by atoms with Gasteiger partial charge >= 0.3 is 0 Å². The Balaban J connectivity index is 2.88. The largest absolute Gasteiger partial charge is 0.385 e. The molecule has 1 unspecified atom stereocenters. The van der Waals surface area contributed by atoms with Crippen LogP contribution in [0.5, 0.6) is 0 Å². The lowest BCUT2D eigenvalue weighted by Crippen LogP contribution is -1.94. The second-order valence-corrected chi connectivity index (χ2v) is 4.48. The summed E-state index contributed by atoms with van der Waals surface area (Å²) in [7, 11) is 0. The highest BCUT2D eigenvalue weighted by molar-refractivity contribution is 9.10. The Morgan fingerprint density at radius 2 is 2.45 bits per heavy atom. The van der Waals surface area contributed by atoms with Crippen molar-refractivity contribution in [3.8, 4) is 0 Å². The van der Waals surface area contributed by atoms with Crippen LogP contribution in [0, 0.1) is 0 Å². The van der Waals surface area contributed by atoms with Crippen LogP contribution < -0.4 is 0 Å². The molecule has 0 amide bonds. The van der Waals surface area contributed by atoms with Gasteiger partial charge in [0, 0.05) is 9.35 Å². The van der Waals surface area contributed by atoms with Crippen LogP contribution in [0.2, 0.25) is 4.34 Å². The van der Waals surface area contributed by atoms with Crippen molar-refractivity contribution in [2.75, 3.05) is 6.67 Å². The van der Waals surface area contributed by atoms with E-state index < -0.39 is 12.8 Å². The predicted molar refractivity (Wildman–Crippen MR) is 48.0 cm³/mol. The van der Waals surface area contributed by atoms with Crippen molar-refractivity contribution in [3.05, 3.63) is 19.8 Å². The van der Waals surface area contributed by atoms with E-state index in [1.807, 2.05) is 0 Å². The summed E-state index contributed by atoms with van der Waals surface area (Å²) in [6, 6.07) is 1.62. The molecule has 1 aromatic rings. The molecule has 0 bridgehead atoms. The number of aliphatic hydroxyl groups is 1. The van der Waals surface area contributed by atoms with Crippen LogP contribution in [0.25, 0.3) is 0 Å². The Hall–Kier alpha value is 0.360. The van der Waals surface area contributed by atoms with Crippen LogP contribution in [-0.4, -0.2) is 11.8 Å². The predicted octanol–water partition coefficient (Wildman–Crippen LogP) is 3.17. The lowest BCUT2D eigenvalue weighted by molar-refractivity contribution is 0.145. The molecule has 0 aliphatic heterocycles. The Morgan fingerprint density at radius 3 is 2.82 bits per heavy atom. The molecule has 1 rings (SSSR count). The van der Waals surface area contributed by atoms with Gasteiger partial charge in [-0.3, -0.25) is 0 Å². The molecule has 1 heterocycles. The van der Waals surface area contributed by atoms with Gasteiger partial charge in [-0.1, -0.05) is 11.6 Å². The Bertz CT molecular complexity index is 233. The van der Waals surface area contributed by atoms with Gasteiger partial charge in [0.25, 0.3) is 0 Å². The van der Waals surface area contributed by atoms with Crippen molar-refractivity contribution in [1.29, 1.82) is 0 Å². The van der Waals surface area contributed by atoms with Gasteiger partial charge < -0.3 is 5.11 Å². The minimum atomic E-state index is -1.04. The molecule has 0 aliphatic carbocycles. The molecule has 0 radical (unpaired) electrons. The smallest absolute Gasteiger partial charge is 0.120 e. The maximum Gasteiger partial charge on any atom is 0.120 e. The number of halogens is 3. The summed E-state index contributed by atoms with van der Waals surface area (Å²) in [5.74, 6) is 0. The fourth-order valence-corrected chi connectivity index (χ4v) is 2.31. The van der Waals surface area contributed by atoms with E-state index in [0.717, 1.165) is 0 Å². The molecule has 5 heteroatoms. The number of alkyl halides is 1. The minimum Gasteiger partial charge on any atom is -0.385 e. The molecule has 0 aliphatic rings. The standard InChI is InChI=1S/C6H5BrClFOS/c7-3-1-5(4(10)2-9)11-6(3)8/h1,4,10H,2H2. The summed E-state index contributed by atoms with van der Waals surface area (Å²) in [6.07, 6.45) is -1.04. The van der Waals surface area contributed by atoms with Crippen molar-refractivity contribution < 1.29 is 9.50 Å². The van der Waals surface area contributed by atoms with Crippen LogP contribution in [0.15, 0.2) is 10.5 Å². The molecule has 0 saturated carbocycles. The molecule has 0 aromatic carbocycles. The summed E-state index contributed by atoms with van der Waals surface area (Å²) in [5.41, 5.74) is 0. The fraction of sp³-hybridized carbons (Fsp3) is 0.333. The van der Waals surface area contributed by atoms with Crippen LogP contribution >= 0.6 is 38.9 Å². The molecule has 11 heavy (non-hydrogen) atoms. The molecule has 62 valence electrons. The highest BCUT2D eigenvalue weighted by Crippen LogP contribution is 2.35. The van der Waals surface area contributed by atoms with Gasteiger partial charge in [-0.2, -0.15) is 0 Å². The summed E-state index contributed by atoms with van der Waals surface area (Å²) >= 11 is 10.0. The zero-order valence-corrected chi connectivity index (χ0v) is 8.51. The molecule has 0 saturated heterocycles. The third-order valence-electron chi connectivity index (χ3n) is 1.14. The summed E-state index contributed by atoms with van der Waals surface area (Å²) in [4.78, 5) is 0.546. The van der Waals surface area contributed by atoms with Crippen molar-refractivity contribution in [3.63, 3.8) is 0 Å². The van der Waals surface area contributed by atoms with Gasteiger partial charge in [0.1, 0.15) is 17.1 Å². The molecule has 1 N–H and O–H groups in total. The molecule has 0 fully saturated rings. The van der Waals surface area contributed by atoms with E-state index in [-0.39, 0.29) is 0 Å². The minimum absolute atomic E-state index is 0.535. The van der Waals surface area contributed by atoms with Crippen molar-refractivity contribution in [2.24, 2.45) is 0 Å². The average Bonchev–Trinajstić information content (AvgIpc) is 2.31. The van der Waals surface area contributed by atoms with Crippen LogP contribution in [0.1, 0.15) is 11.0 Å². The number of hydrogen-bond donors (Lipinski definition) is 1. The number of aliphatic hydroxyl groups excluding tert-OH is 1. The molecule has 1 nitrogen and oxygen atoms in total. The molecular formula is C6H5BrClFOS. The third kappa shape index (κ3) is 2.15. The topological polar surface area (TPSA) is 20.2 Å². The Morgan fingerprint density at radius 1 is 1.82 bits per heavy atom. The van der Waals surface area contributed by atoms with E-state index in [1.54, 1.807) is 6.07 Å².